The Balaban J connectivity index is 1.31. The molecule has 1 aromatic heterocycles. The van der Waals surface area contributed by atoms with Gasteiger partial charge in [0.2, 0.25) is 11.8 Å². The number of nitrogens with one attached hydrogen (secondary N) is 1. The summed E-state index contributed by atoms with van der Waals surface area (Å²) < 4.78 is 46.3. The van der Waals surface area contributed by atoms with Crippen LogP contribution in [-0.4, -0.2) is 61.5 Å². The van der Waals surface area contributed by atoms with Crippen LogP contribution < -0.4 is 15.1 Å². The van der Waals surface area contributed by atoms with Gasteiger partial charge in [0.15, 0.2) is 17.3 Å². The fourth-order valence-electron chi connectivity index (χ4n) is 9.23. The first-order valence-corrected chi connectivity index (χ1v) is 19.0. The average Bonchev–Trinajstić information content (AvgIpc) is 3.56. The lowest BCUT2D eigenvalue weighted by Gasteiger charge is -2.50. The van der Waals surface area contributed by atoms with Crippen molar-refractivity contribution >= 4 is 64.3 Å². The van der Waals surface area contributed by atoms with Crippen molar-refractivity contribution in [3.05, 3.63) is 117 Å². The van der Waals surface area contributed by atoms with Crippen molar-refractivity contribution in [2.45, 2.75) is 37.3 Å². The van der Waals surface area contributed by atoms with E-state index >= 15 is 4.79 Å². The van der Waals surface area contributed by atoms with Gasteiger partial charge in [0.05, 0.1) is 46.0 Å². The quantitative estimate of drug-likeness (QED) is 0.105. The fraction of sp³-hybridized carbons (Fsp3) is 0.268. The molecule has 3 aromatic carbocycles. The number of carbonyl (C=O) groups is 5. The summed E-state index contributed by atoms with van der Waals surface area (Å²) in [6, 6.07) is 14.6. The number of fused-ring (bicyclic) bond motifs is 4. The van der Waals surface area contributed by atoms with Crippen molar-refractivity contribution in [3.63, 3.8) is 0 Å². The molecule has 4 amide bonds. The van der Waals surface area contributed by atoms with Crippen LogP contribution in [-0.2, 0) is 30.8 Å². The van der Waals surface area contributed by atoms with Gasteiger partial charge in [-0.2, -0.15) is 18.2 Å². The van der Waals surface area contributed by atoms with Crippen molar-refractivity contribution < 1.29 is 57.2 Å². The van der Waals surface area contributed by atoms with E-state index in [0.717, 1.165) is 17.0 Å². The number of amides is 4. The minimum Gasteiger partial charge on any atom is -0.507 e. The zero-order valence-electron chi connectivity index (χ0n) is 30.5. The lowest BCUT2D eigenvalue weighted by Crippen LogP contribution is -2.53. The third kappa shape index (κ3) is 6.15. The molecule has 0 spiro atoms. The van der Waals surface area contributed by atoms with Gasteiger partial charge >= 0.3 is 12.1 Å². The van der Waals surface area contributed by atoms with Gasteiger partial charge in [0.25, 0.3) is 11.8 Å². The molecule has 2 saturated heterocycles. The van der Waals surface area contributed by atoms with Crippen LogP contribution in [0.5, 0.6) is 17.2 Å². The Morgan fingerprint density at radius 3 is 2.32 bits per heavy atom. The van der Waals surface area contributed by atoms with E-state index < -0.39 is 98.5 Å². The van der Waals surface area contributed by atoms with Crippen LogP contribution in [0.25, 0.3) is 0 Å². The summed E-state index contributed by atoms with van der Waals surface area (Å²) in [6.07, 6.45) is -2.69. The van der Waals surface area contributed by atoms with E-state index in [-0.39, 0.29) is 36.6 Å². The third-order valence-corrected chi connectivity index (χ3v) is 12.2. The Kier molecular flexibility index (Phi) is 9.62. The number of halogens is 5. The van der Waals surface area contributed by atoms with Gasteiger partial charge in [-0.25, -0.2) is 14.7 Å². The van der Waals surface area contributed by atoms with Gasteiger partial charge in [-0.1, -0.05) is 53.1 Å². The Bertz CT molecular complexity index is 2520. The van der Waals surface area contributed by atoms with E-state index in [2.05, 4.69) is 10.4 Å². The number of carboxylic acids is 1. The lowest BCUT2D eigenvalue weighted by atomic mass is 9.49. The molecule has 4 aliphatic rings. The highest BCUT2D eigenvalue weighted by molar-refractivity contribution is 6.33. The summed E-state index contributed by atoms with van der Waals surface area (Å²) >= 11 is 12.6. The number of imide groups is 2. The number of allylic oxidation sites excluding steroid dienone is 2. The van der Waals surface area contributed by atoms with Gasteiger partial charge in [0, 0.05) is 23.2 Å². The minimum atomic E-state index is -4.79. The summed E-state index contributed by atoms with van der Waals surface area (Å²) in [5, 5.41) is 31.1. The van der Waals surface area contributed by atoms with E-state index in [9.17, 15) is 47.7 Å². The summed E-state index contributed by atoms with van der Waals surface area (Å²) in [4.78, 5) is 75.2. The van der Waals surface area contributed by atoms with Crippen molar-refractivity contribution in [2.24, 2.45) is 23.7 Å². The number of ether oxygens (including phenoxy) is 1. The second-order valence-corrected chi connectivity index (χ2v) is 15.4. The Labute approximate surface area is 342 Å². The van der Waals surface area contributed by atoms with E-state index in [1.165, 1.54) is 30.3 Å². The van der Waals surface area contributed by atoms with Gasteiger partial charge in [-0.3, -0.25) is 24.6 Å². The monoisotopic (exact) mass is 850 g/mol. The number of rotatable bonds is 8. The highest BCUT2D eigenvalue weighted by atomic mass is 35.5. The van der Waals surface area contributed by atoms with E-state index in [0.29, 0.717) is 39.0 Å². The molecule has 2 aliphatic carbocycles. The first kappa shape index (κ1) is 39.7. The molecule has 1 saturated carbocycles. The molecule has 2 aliphatic heterocycles. The number of hydrazine groups is 1. The number of benzene rings is 3. The number of aromatic carboxylic acids is 1. The average molecular weight is 852 g/mol. The van der Waals surface area contributed by atoms with Crippen molar-refractivity contribution in [1.82, 2.24) is 9.99 Å². The maximum atomic E-state index is 15.4. The number of anilines is 2. The fourth-order valence-corrected chi connectivity index (χ4v) is 9.57. The third-order valence-electron chi connectivity index (χ3n) is 11.6. The molecular formula is C41H31Cl2F3N4O9. The van der Waals surface area contributed by atoms with E-state index in [1.807, 2.05) is 0 Å². The standard InChI is InChI=1S/C41H31Cl2F3N4O9/c1-2-59-31-13-18(3-12-29(31)51)33-23-10-11-25-32(37(55)49(35(25)53)22-8-9-24(38(56)57)30(52)15-22)26(23)16-27-36(54)50(39(58)40(27,33)19-4-6-21(42)7-5-19)48-34-28(43)14-20(17-47-34)41(44,45)46/h3-10,12-15,17,25-27,32-33,51-52H,2,11,16H2,1H3,(H,47,48)(H,56,57)/t25-,26+,27-,32-,33-,40+/m0/s1. The Morgan fingerprint density at radius 1 is 0.949 bits per heavy atom. The topological polar surface area (TPSA) is 187 Å². The Hall–Kier alpha value is -6.13. The molecule has 3 fully saturated rings. The molecule has 3 heterocycles. The van der Waals surface area contributed by atoms with Crippen LogP contribution in [0, 0.1) is 23.7 Å². The van der Waals surface area contributed by atoms with E-state index in [4.69, 9.17) is 27.9 Å². The number of phenols is 2. The molecule has 18 heteroatoms. The lowest BCUT2D eigenvalue weighted by molar-refractivity contribution is -0.139. The predicted molar refractivity (Wildman–Crippen MR) is 204 cm³/mol. The molecule has 13 nitrogen and oxygen atoms in total. The number of hydrogen-bond acceptors (Lipinski definition) is 10. The van der Waals surface area contributed by atoms with Crippen LogP contribution >= 0.6 is 23.2 Å². The second-order valence-electron chi connectivity index (χ2n) is 14.6. The van der Waals surface area contributed by atoms with Gasteiger partial charge in [0.1, 0.15) is 11.3 Å². The van der Waals surface area contributed by atoms with Crippen molar-refractivity contribution in [1.29, 1.82) is 0 Å². The molecule has 304 valence electrons. The number of carboxylic acid groups (broad SMARTS) is 1. The Morgan fingerprint density at radius 2 is 1.68 bits per heavy atom. The summed E-state index contributed by atoms with van der Waals surface area (Å²) in [5.41, 5.74) is 0.280. The maximum absolute atomic E-state index is 15.4. The van der Waals surface area contributed by atoms with Gasteiger partial charge < -0.3 is 20.1 Å². The van der Waals surface area contributed by atoms with Crippen LogP contribution in [0.4, 0.5) is 24.7 Å². The number of nitrogens with zero attached hydrogens (tertiary/aromatic N) is 3. The van der Waals surface area contributed by atoms with Crippen LogP contribution in [0.3, 0.4) is 0 Å². The van der Waals surface area contributed by atoms with Crippen molar-refractivity contribution in [3.8, 4) is 17.2 Å². The molecule has 0 bridgehead atoms. The summed E-state index contributed by atoms with van der Waals surface area (Å²) in [7, 11) is 0. The van der Waals surface area contributed by atoms with Crippen molar-refractivity contribution in [2.75, 3.05) is 16.9 Å². The highest BCUT2D eigenvalue weighted by Crippen LogP contribution is 2.64. The molecule has 0 unspecified atom stereocenters. The number of alkyl halides is 3. The maximum Gasteiger partial charge on any atom is 0.417 e. The predicted octanol–water partition coefficient (Wildman–Crippen LogP) is 7.10. The molecule has 59 heavy (non-hydrogen) atoms. The summed E-state index contributed by atoms with van der Waals surface area (Å²) in [6.45, 7) is 1.84. The first-order valence-electron chi connectivity index (χ1n) is 18.2. The smallest absolute Gasteiger partial charge is 0.417 e. The zero-order chi connectivity index (χ0) is 42.3. The van der Waals surface area contributed by atoms with Crippen LogP contribution in [0.1, 0.15) is 52.7 Å². The molecule has 8 rings (SSSR count). The molecule has 4 N–H and O–H groups in total. The zero-order valence-corrected chi connectivity index (χ0v) is 32.0. The first-order chi connectivity index (χ1) is 28.0. The van der Waals surface area contributed by atoms with E-state index in [1.54, 1.807) is 31.2 Å². The SMILES string of the molecule is CCOc1cc([C@H]2C3=CC[C@@H]4C(=O)N(c5ccc(C(=O)O)c(O)c5)C(=O)[C@@H]4[C@@H]3C[C@H]3C(=O)N(Nc4ncc(C(F)(F)F)cc4Cl)C(=O)[C@@]23c2ccc(Cl)cc2)ccc1O. The minimum absolute atomic E-state index is 0.0141. The number of phenolic OH excluding ortho intramolecular Hbond substituents is 1. The number of carbonyl (C=O) groups excluding carboxylic acids is 4. The number of aromatic nitrogens is 1. The second kappa shape index (κ2) is 14.3. The number of aromatic hydroxyl groups is 2. The largest absolute Gasteiger partial charge is 0.507 e. The number of pyridine rings is 1. The number of hydrogen-bond donors (Lipinski definition) is 4. The molecule has 6 atom stereocenters. The normalized spacial score (nSPS) is 25.1. The molecule has 4 aromatic rings. The van der Waals surface area contributed by atoms with Gasteiger partial charge in [-0.05, 0) is 79.3 Å². The van der Waals surface area contributed by atoms with Crippen LogP contribution in [0.2, 0.25) is 10.0 Å². The molecule has 0 radical (unpaired) electrons. The highest BCUT2D eigenvalue weighted by Gasteiger charge is 2.70. The van der Waals surface area contributed by atoms with Gasteiger partial charge in [-0.15, -0.1) is 0 Å². The van der Waals surface area contributed by atoms with Crippen LogP contribution in [0.15, 0.2) is 84.6 Å². The summed E-state index contributed by atoms with van der Waals surface area (Å²) in [5.74, 6) is -11.0. The molecular weight excluding hydrogens is 820 g/mol.